The second-order valence-electron chi connectivity index (χ2n) is 4.28. The lowest BCUT2D eigenvalue weighted by molar-refractivity contribution is -0.125. The molecule has 7 heteroatoms. The molecule has 19 heavy (non-hydrogen) atoms. The fourth-order valence-corrected chi connectivity index (χ4v) is 2.00. The Balaban J connectivity index is 2.69. The van der Waals surface area contributed by atoms with Gasteiger partial charge in [0.2, 0.25) is 10.0 Å². The summed E-state index contributed by atoms with van der Waals surface area (Å²) in [5, 5.41) is -0.213. The number of hydrogen-bond acceptors (Lipinski definition) is 4. The van der Waals surface area contributed by atoms with Crippen LogP contribution in [0.1, 0.15) is 20.8 Å². The molecular weight excluding hydrogens is 290 g/mol. The third-order valence-corrected chi connectivity index (χ3v) is 4.30. The van der Waals surface area contributed by atoms with Crippen LogP contribution in [0.4, 0.5) is 0 Å². The molecule has 1 rings (SSSR count). The quantitative estimate of drug-likeness (QED) is 0.902. The Kier molecular flexibility index (Phi) is 5.20. The van der Waals surface area contributed by atoms with E-state index in [2.05, 4.69) is 0 Å². The molecule has 5 nitrogen and oxygen atoms in total. The van der Waals surface area contributed by atoms with Crippen molar-refractivity contribution in [2.45, 2.75) is 32.1 Å². The van der Waals surface area contributed by atoms with Gasteiger partial charge in [-0.1, -0.05) is 17.7 Å². The normalized spacial score (nSPS) is 13.1. The van der Waals surface area contributed by atoms with Crippen LogP contribution in [0, 0.1) is 0 Å². The molecule has 1 amide bonds. The van der Waals surface area contributed by atoms with Crippen molar-refractivity contribution in [3.8, 4) is 5.75 Å². The van der Waals surface area contributed by atoms with Gasteiger partial charge in [-0.3, -0.25) is 4.79 Å². The third-order valence-electron chi connectivity index (χ3n) is 2.34. The SMILES string of the molecule is CC(Oc1cccc(Cl)c1)C(=O)NS(=O)(=O)C(C)C. The molecule has 0 bridgehead atoms. The van der Waals surface area contributed by atoms with Crippen LogP contribution in [-0.4, -0.2) is 25.7 Å². The van der Waals surface area contributed by atoms with Crippen molar-refractivity contribution in [3.63, 3.8) is 0 Å². The van der Waals surface area contributed by atoms with Gasteiger partial charge < -0.3 is 4.74 Å². The van der Waals surface area contributed by atoms with E-state index in [1.165, 1.54) is 20.8 Å². The molecule has 0 heterocycles. The molecule has 0 saturated carbocycles. The van der Waals surface area contributed by atoms with Crippen LogP contribution < -0.4 is 9.46 Å². The number of ether oxygens (including phenoxy) is 1. The van der Waals surface area contributed by atoms with Crippen molar-refractivity contribution >= 4 is 27.5 Å². The maximum absolute atomic E-state index is 11.7. The molecule has 1 aromatic carbocycles. The van der Waals surface area contributed by atoms with Gasteiger partial charge in [0.15, 0.2) is 6.10 Å². The van der Waals surface area contributed by atoms with Gasteiger partial charge in [-0.25, -0.2) is 13.1 Å². The molecule has 0 fully saturated rings. The van der Waals surface area contributed by atoms with Gasteiger partial charge >= 0.3 is 0 Å². The second-order valence-corrected chi connectivity index (χ2v) is 6.95. The molecule has 0 aromatic heterocycles. The number of sulfonamides is 1. The highest BCUT2D eigenvalue weighted by Crippen LogP contribution is 2.18. The van der Waals surface area contributed by atoms with E-state index in [0.29, 0.717) is 10.8 Å². The molecule has 0 spiro atoms. The standard InChI is InChI=1S/C12H16ClNO4S/c1-8(2)19(16,17)14-12(15)9(3)18-11-6-4-5-10(13)7-11/h4-9H,1-3H3,(H,14,15). The second kappa shape index (κ2) is 6.25. The Labute approximate surface area is 118 Å². The monoisotopic (exact) mass is 305 g/mol. The van der Waals surface area contributed by atoms with Gasteiger partial charge in [-0.15, -0.1) is 0 Å². The highest BCUT2D eigenvalue weighted by Gasteiger charge is 2.23. The molecular formula is C12H16ClNO4S. The largest absolute Gasteiger partial charge is 0.481 e. The summed E-state index contributed by atoms with van der Waals surface area (Å²) in [7, 11) is -3.65. The lowest BCUT2D eigenvalue weighted by Gasteiger charge is -2.16. The van der Waals surface area contributed by atoms with Gasteiger partial charge in [-0.2, -0.15) is 0 Å². The first-order valence-electron chi connectivity index (χ1n) is 5.70. The van der Waals surface area contributed by atoms with E-state index in [4.69, 9.17) is 16.3 Å². The van der Waals surface area contributed by atoms with Crippen molar-refractivity contribution in [3.05, 3.63) is 29.3 Å². The minimum atomic E-state index is -3.65. The zero-order valence-corrected chi connectivity index (χ0v) is 12.5. The highest BCUT2D eigenvalue weighted by atomic mass is 35.5. The van der Waals surface area contributed by atoms with Crippen LogP contribution in [0.15, 0.2) is 24.3 Å². The third kappa shape index (κ3) is 4.72. The van der Waals surface area contributed by atoms with Crippen molar-refractivity contribution in [1.29, 1.82) is 0 Å². The molecule has 1 N–H and O–H groups in total. The smallest absolute Gasteiger partial charge is 0.274 e. The lowest BCUT2D eigenvalue weighted by Crippen LogP contribution is -2.42. The van der Waals surface area contributed by atoms with Crippen molar-refractivity contribution < 1.29 is 17.9 Å². The predicted octanol–water partition coefficient (Wildman–Crippen LogP) is 1.96. The average molecular weight is 306 g/mol. The van der Waals surface area contributed by atoms with Gasteiger partial charge in [0.05, 0.1) is 5.25 Å². The number of carbonyl (C=O) groups excluding carboxylic acids is 1. The number of benzene rings is 1. The minimum absolute atomic E-state index is 0.400. The fraction of sp³-hybridized carbons (Fsp3) is 0.417. The summed E-state index contributed by atoms with van der Waals surface area (Å²) in [6, 6.07) is 6.52. The molecule has 1 unspecified atom stereocenters. The lowest BCUT2D eigenvalue weighted by atomic mass is 10.3. The molecule has 0 aliphatic rings. The molecule has 106 valence electrons. The maximum atomic E-state index is 11.7. The average Bonchev–Trinajstić information content (AvgIpc) is 2.28. The van der Waals surface area contributed by atoms with E-state index in [0.717, 1.165) is 0 Å². The van der Waals surface area contributed by atoms with E-state index >= 15 is 0 Å². The van der Waals surface area contributed by atoms with E-state index < -0.39 is 27.3 Å². The van der Waals surface area contributed by atoms with E-state index in [1.54, 1.807) is 24.3 Å². The van der Waals surface area contributed by atoms with Crippen LogP contribution >= 0.6 is 11.6 Å². The number of hydrogen-bond donors (Lipinski definition) is 1. The Morgan fingerprint density at radius 2 is 1.95 bits per heavy atom. The molecule has 0 radical (unpaired) electrons. The summed E-state index contributed by atoms with van der Waals surface area (Å²) in [6.07, 6.45) is -0.938. The van der Waals surface area contributed by atoms with Gasteiger partial charge in [0.1, 0.15) is 5.75 Å². The van der Waals surface area contributed by atoms with Gasteiger partial charge in [-0.05, 0) is 39.0 Å². The Hall–Kier alpha value is -1.27. The number of amides is 1. The zero-order valence-electron chi connectivity index (χ0n) is 10.9. The number of nitrogens with one attached hydrogen (secondary N) is 1. The van der Waals surface area contributed by atoms with Crippen molar-refractivity contribution in [2.75, 3.05) is 0 Å². The van der Waals surface area contributed by atoms with Crippen LogP contribution in [0.2, 0.25) is 5.02 Å². The van der Waals surface area contributed by atoms with Gasteiger partial charge in [0.25, 0.3) is 5.91 Å². The first-order valence-corrected chi connectivity index (χ1v) is 7.62. The summed E-state index contributed by atoms with van der Waals surface area (Å²) >= 11 is 5.78. The summed E-state index contributed by atoms with van der Waals surface area (Å²) in [5.41, 5.74) is 0. The summed E-state index contributed by atoms with van der Waals surface area (Å²) in [4.78, 5) is 11.7. The number of halogens is 1. The van der Waals surface area contributed by atoms with Crippen LogP contribution in [-0.2, 0) is 14.8 Å². The van der Waals surface area contributed by atoms with Gasteiger partial charge in [0, 0.05) is 5.02 Å². The fourth-order valence-electron chi connectivity index (χ4n) is 1.14. The molecule has 0 aliphatic carbocycles. The molecule has 0 saturated heterocycles. The highest BCUT2D eigenvalue weighted by molar-refractivity contribution is 7.90. The van der Waals surface area contributed by atoms with Crippen LogP contribution in [0.5, 0.6) is 5.75 Å². The molecule has 1 atom stereocenters. The van der Waals surface area contributed by atoms with E-state index in [1.807, 2.05) is 4.72 Å². The first kappa shape index (κ1) is 15.8. The summed E-state index contributed by atoms with van der Waals surface area (Å²) in [6.45, 7) is 4.43. The van der Waals surface area contributed by atoms with E-state index in [9.17, 15) is 13.2 Å². The minimum Gasteiger partial charge on any atom is -0.481 e. The van der Waals surface area contributed by atoms with Crippen molar-refractivity contribution in [1.82, 2.24) is 4.72 Å². The van der Waals surface area contributed by atoms with Crippen molar-refractivity contribution in [2.24, 2.45) is 0 Å². The molecule has 1 aromatic rings. The Morgan fingerprint density at radius 1 is 1.32 bits per heavy atom. The number of carbonyl (C=O) groups is 1. The van der Waals surface area contributed by atoms with Crippen LogP contribution in [0.3, 0.4) is 0 Å². The Bertz CT molecular complexity index is 557. The summed E-state index contributed by atoms with van der Waals surface area (Å²) < 4.78 is 30.4. The van der Waals surface area contributed by atoms with Crippen LogP contribution in [0.25, 0.3) is 0 Å². The molecule has 0 aliphatic heterocycles. The topological polar surface area (TPSA) is 72.5 Å². The Morgan fingerprint density at radius 3 is 2.47 bits per heavy atom. The number of rotatable bonds is 5. The van der Waals surface area contributed by atoms with E-state index in [-0.39, 0.29) is 0 Å². The first-order chi connectivity index (χ1) is 8.72. The zero-order chi connectivity index (χ0) is 14.6. The summed E-state index contributed by atoms with van der Waals surface area (Å²) in [5.74, 6) is -0.314. The predicted molar refractivity (Wildman–Crippen MR) is 73.7 cm³/mol. The maximum Gasteiger partial charge on any atom is 0.274 e.